The first-order valence-electron chi connectivity index (χ1n) is 14.9. The molecule has 1 amide bonds. The predicted octanol–water partition coefficient (Wildman–Crippen LogP) is 7.30. The first-order chi connectivity index (χ1) is 21.4. The monoisotopic (exact) mass is 616 g/mol. The number of thiazole rings is 1. The van der Waals surface area contributed by atoms with Gasteiger partial charge in [0.25, 0.3) is 5.78 Å². The second kappa shape index (κ2) is 13.8. The van der Waals surface area contributed by atoms with Crippen molar-refractivity contribution in [2.24, 2.45) is 0 Å². The zero-order chi connectivity index (χ0) is 31.2. The van der Waals surface area contributed by atoms with Gasteiger partial charge in [0.15, 0.2) is 16.6 Å². The number of carbonyl (C=O) groups is 2. The van der Waals surface area contributed by atoms with Crippen molar-refractivity contribution in [1.29, 1.82) is 0 Å². The normalized spacial score (nSPS) is 16.0. The molecule has 1 fully saturated rings. The summed E-state index contributed by atoms with van der Waals surface area (Å²) in [5.41, 5.74) is 1.57. The Morgan fingerprint density at radius 1 is 0.818 bits per heavy atom. The van der Waals surface area contributed by atoms with Gasteiger partial charge in [0.05, 0.1) is 48.3 Å². The number of fused-ring (bicyclic) bond motifs is 1. The summed E-state index contributed by atoms with van der Waals surface area (Å²) < 4.78 is 23.9. The van der Waals surface area contributed by atoms with Gasteiger partial charge in [-0.25, -0.2) is 4.98 Å². The van der Waals surface area contributed by atoms with Crippen LogP contribution in [0.4, 0.5) is 5.13 Å². The van der Waals surface area contributed by atoms with Gasteiger partial charge in [0, 0.05) is 5.56 Å². The van der Waals surface area contributed by atoms with E-state index in [0.29, 0.717) is 71.2 Å². The van der Waals surface area contributed by atoms with Crippen LogP contribution in [0.1, 0.15) is 57.7 Å². The van der Waals surface area contributed by atoms with Crippen molar-refractivity contribution < 1.29 is 33.6 Å². The van der Waals surface area contributed by atoms with Crippen LogP contribution >= 0.6 is 11.3 Å². The summed E-state index contributed by atoms with van der Waals surface area (Å²) in [6.45, 7) is 9.77. The molecule has 1 unspecified atom stereocenters. The van der Waals surface area contributed by atoms with E-state index in [9.17, 15) is 14.7 Å². The third-order valence-electron chi connectivity index (χ3n) is 6.96. The van der Waals surface area contributed by atoms with E-state index < -0.39 is 17.7 Å². The maximum absolute atomic E-state index is 13.8. The van der Waals surface area contributed by atoms with Crippen LogP contribution in [0.15, 0.2) is 66.2 Å². The number of hydrogen-bond donors (Lipinski definition) is 1. The van der Waals surface area contributed by atoms with E-state index >= 15 is 0 Å². The smallest absolute Gasteiger partial charge is 0.301 e. The number of aliphatic hydroxyl groups excluding tert-OH is 1. The second-order valence-electron chi connectivity index (χ2n) is 10.1. The van der Waals surface area contributed by atoms with Crippen LogP contribution in [0.5, 0.6) is 23.0 Å². The van der Waals surface area contributed by atoms with Crippen LogP contribution in [0.3, 0.4) is 0 Å². The van der Waals surface area contributed by atoms with Gasteiger partial charge in [-0.05, 0) is 86.8 Å². The highest BCUT2D eigenvalue weighted by Crippen LogP contribution is 2.46. The number of rotatable bonds is 13. The highest BCUT2D eigenvalue weighted by atomic mass is 32.1. The Labute approximate surface area is 260 Å². The molecule has 1 aliphatic heterocycles. The van der Waals surface area contributed by atoms with Gasteiger partial charge in [-0.15, -0.1) is 0 Å². The van der Waals surface area contributed by atoms with E-state index in [-0.39, 0.29) is 11.3 Å². The number of ether oxygens (including phenoxy) is 4. The molecular formula is C34H36N2O7S. The maximum atomic E-state index is 13.8. The number of amides is 1. The number of aliphatic hydroxyl groups is 1. The maximum Gasteiger partial charge on any atom is 0.301 e. The minimum atomic E-state index is -0.975. The Morgan fingerprint density at radius 2 is 1.52 bits per heavy atom. The topological polar surface area (TPSA) is 107 Å². The van der Waals surface area contributed by atoms with Crippen LogP contribution in [-0.2, 0) is 9.59 Å². The first-order valence-corrected chi connectivity index (χ1v) is 15.7. The molecule has 1 saturated heterocycles. The van der Waals surface area contributed by atoms with Crippen molar-refractivity contribution in [2.75, 3.05) is 31.3 Å². The van der Waals surface area contributed by atoms with Crippen LogP contribution in [0, 0.1) is 0 Å². The first kappa shape index (κ1) is 30.9. The van der Waals surface area contributed by atoms with Crippen molar-refractivity contribution in [2.45, 2.75) is 46.6 Å². The molecule has 3 aromatic carbocycles. The van der Waals surface area contributed by atoms with Crippen LogP contribution in [0.25, 0.3) is 16.0 Å². The Bertz CT molecular complexity index is 1680. The number of carbonyl (C=O) groups excluding carboxylic acids is 2. The van der Waals surface area contributed by atoms with Crippen molar-refractivity contribution in [3.05, 3.63) is 77.4 Å². The summed E-state index contributed by atoms with van der Waals surface area (Å²) >= 11 is 1.27. The van der Waals surface area contributed by atoms with Crippen molar-refractivity contribution in [1.82, 2.24) is 4.98 Å². The van der Waals surface area contributed by atoms with E-state index in [1.165, 1.54) is 16.2 Å². The molecule has 4 aromatic rings. The van der Waals surface area contributed by atoms with Gasteiger partial charge in [-0.2, -0.15) is 0 Å². The summed E-state index contributed by atoms with van der Waals surface area (Å²) in [7, 11) is 0. The zero-order valence-electron chi connectivity index (χ0n) is 25.3. The SMILES string of the molecule is CCCOc1ccc(/C(O)=C2\C(=O)C(=O)N(c3nc4ccc(OCC)cc4s3)C2c2ccc(OCCC)c(OCC)c2)cc1. The Morgan fingerprint density at radius 3 is 2.23 bits per heavy atom. The van der Waals surface area contributed by atoms with Gasteiger partial charge < -0.3 is 24.1 Å². The molecule has 0 spiro atoms. The highest BCUT2D eigenvalue weighted by molar-refractivity contribution is 7.22. The minimum Gasteiger partial charge on any atom is -0.507 e. The molecule has 230 valence electrons. The number of hydrogen-bond acceptors (Lipinski definition) is 9. The van der Waals surface area contributed by atoms with Crippen molar-refractivity contribution in [3.63, 3.8) is 0 Å². The molecule has 1 atom stereocenters. The molecule has 5 rings (SSSR count). The molecule has 1 aromatic heterocycles. The molecule has 2 heterocycles. The molecule has 1 N–H and O–H groups in total. The van der Waals surface area contributed by atoms with Crippen molar-refractivity contribution in [3.8, 4) is 23.0 Å². The molecule has 10 heteroatoms. The molecule has 0 aliphatic carbocycles. The second-order valence-corrected chi connectivity index (χ2v) is 11.1. The largest absolute Gasteiger partial charge is 0.507 e. The summed E-state index contributed by atoms with van der Waals surface area (Å²) in [6, 6.07) is 16.6. The van der Waals surface area contributed by atoms with Crippen LogP contribution in [-0.4, -0.2) is 48.2 Å². The van der Waals surface area contributed by atoms with E-state index in [4.69, 9.17) is 23.9 Å². The van der Waals surface area contributed by atoms with Crippen molar-refractivity contribution >= 4 is 44.1 Å². The van der Waals surface area contributed by atoms with Crippen LogP contribution < -0.4 is 23.8 Å². The van der Waals surface area contributed by atoms with Gasteiger partial charge in [-0.3, -0.25) is 14.5 Å². The lowest BCUT2D eigenvalue weighted by Gasteiger charge is -2.24. The molecule has 1 aliphatic rings. The van der Waals surface area contributed by atoms with E-state index in [2.05, 4.69) is 0 Å². The highest BCUT2D eigenvalue weighted by Gasteiger charge is 2.48. The summed E-state index contributed by atoms with van der Waals surface area (Å²) in [4.78, 5) is 33.6. The lowest BCUT2D eigenvalue weighted by Crippen LogP contribution is -2.29. The fourth-order valence-corrected chi connectivity index (χ4v) is 6.00. The summed E-state index contributed by atoms with van der Waals surface area (Å²) in [5, 5.41) is 11.9. The Balaban J connectivity index is 1.66. The summed E-state index contributed by atoms with van der Waals surface area (Å²) in [5.74, 6) is 0.481. The lowest BCUT2D eigenvalue weighted by molar-refractivity contribution is -0.132. The number of anilines is 1. The Hall–Kier alpha value is -4.57. The fraction of sp³-hybridized carbons (Fsp3) is 0.324. The van der Waals surface area contributed by atoms with Gasteiger partial charge in [-0.1, -0.05) is 31.3 Å². The molecule has 0 bridgehead atoms. The number of benzene rings is 3. The van der Waals surface area contributed by atoms with E-state index in [1.54, 1.807) is 42.5 Å². The van der Waals surface area contributed by atoms with Crippen LogP contribution in [0.2, 0.25) is 0 Å². The average Bonchev–Trinajstić information content (AvgIpc) is 3.57. The third kappa shape index (κ3) is 6.21. The standard InChI is InChI=1S/C34H36N2O7S/c1-5-17-42-23-12-9-21(10-13-23)31(37)29-30(22-11-16-26(43-18-6-2)27(19-22)41-8-4)36(33(39)32(29)38)34-35-25-15-14-24(40-7-3)20-28(25)44-34/h9-16,19-20,30,37H,5-8,17-18H2,1-4H3/b31-29+. The number of nitrogens with zero attached hydrogens (tertiary/aromatic N) is 2. The fourth-order valence-electron chi connectivity index (χ4n) is 4.98. The molecular weight excluding hydrogens is 580 g/mol. The van der Waals surface area contributed by atoms with E-state index in [1.807, 2.05) is 45.9 Å². The van der Waals surface area contributed by atoms with E-state index in [0.717, 1.165) is 17.5 Å². The molecule has 0 radical (unpaired) electrons. The number of aromatic nitrogens is 1. The lowest BCUT2D eigenvalue weighted by atomic mass is 9.95. The quantitative estimate of drug-likeness (QED) is 0.0948. The van der Waals surface area contributed by atoms with Gasteiger partial charge in [0.1, 0.15) is 17.3 Å². The molecule has 9 nitrogen and oxygen atoms in total. The average molecular weight is 617 g/mol. The third-order valence-corrected chi connectivity index (χ3v) is 7.97. The molecule has 0 saturated carbocycles. The zero-order valence-corrected chi connectivity index (χ0v) is 26.1. The number of Topliss-reactive ketones (excluding diaryl/α,β-unsaturated/α-hetero) is 1. The minimum absolute atomic E-state index is 0.0452. The van der Waals surface area contributed by atoms with Gasteiger partial charge >= 0.3 is 5.91 Å². The van der Waals surface area contributed by atoms with Gasteiger partial charge in [0.2, 0.25) is 0 Å². The number of ketones is 1. The predicted molar refractivity (Wildman–Crippen MR) is 171 cm³/mol. The summed E-state index contributed by atoms with van der Waals surface area (Å²) in [6.07, 6.45) is 1.67. The molecule has 44 heavy (non-hydrogen) atoms. The Kier molecular flexibility index (Phi) is 9.69.